The number of rotatable bonds is 5. The summed E-state index contributed by atoms with van der Waals surface area (Å²) >= 11 is 0. The lowest BCUT2D eigenvalue weighted by atomic mass is 9.90. The van der Waals surface area contributed by atoms with E-state index in [2.05, 4.69) is 16.4 Å². The average Bonchev–Trinajstić information content (AvgIpc) is 3.22. The fourth-order valence-electron chi connectivity index (χ4n) is 4.06. The van der Waals surface area contributed by atoms with Gasteiger partial charge in [-0.1, -0.05) is 18.2 Å². The van der Waals surface area contributed by atoms with Gasteiger partial charge in [0.2, 0.25) is 0 Å². The Bertz CT molecular complexity index is 772. The molecular formula is C22H27N3O2. The van der Waals surface area contributed by atoms with E-state index in [1.165, 1.54) is 24.0 Å². The van der Waals surface area contributed by atoms with Crippen molar-refractivity contribution in [2.75, 3.05) is 18.5 Å². The quantitative estimate of drug-likeness (QED) is 0.865. The Morgan fingerprint density at radius 1 is 1.19 bits per heavy atom. The molecule has 0 radical (unpaired) electrons. The number of carbonyl (C=O) groups excluding carboxylic acids is 1. The van der Waals surface area contributed by atoms with Gasteiger partial charge in [-0.15, -0.1) is 0 Å². The van der Waals surface area contributed by atoms with Crippen molar-refractivity contribution >= 4 is 11.7 Å². The van der Waals surface area contributed by atoms with Crippen LogP contribution in [-0.4, -0.2) is 35.2 Å². The van der Waals surface area contributed by atoms with E-state index < -0.39 is 0 Å². The van der Waals surface area contributed by atoms with E-state index in [9.17, 15) is 4.79 Å². The van der Waals surface area contributed by atoms with Gasteiger partial charge in [-0.05, 0) is 67.3 Å². The Balaban J connectivity index is 1.51. The highest BCUT2D eigenvalue weighted by Crippen LogP contribution is 2.28. The normalized spacial score (nSPS) is 18.7. The number of hydrogen-bond acceptors (Lipinski definition) is 3. The average molecular weight is 365 g/mol. The van der Waals surface area contributed by atoms with Gasteiger partial charge in [0.1, 0.15) is 0 Å². The lowest BCUT2D eigenvalue weighted by Gasteiger charge is -2.27. The topological polar surface area (TPSA) is 54.5 Å². The molecule has 0 saturated carbocycles. The van der Waals surface area contributed by atoms with Crippen molar-refractivity contribution in [3.63, 3.8) is 0 Å². The van der Waals surface area contributed by atoms with E-state index in [4.69, 9.17) is 4.74 Å². The summed E-state index contributed by atoms with van der Waals surface area (Å²) in [5.74, 6) is 0. The highest BCUT2D eigenvalue weighted by Gasteiger charge is 2.24. The molecular weight excluding hydrogens is 338 g/mol. The third-order valence-electron chi connectivity index (χ3n) is 5.47. The van der Waals surface area contributed by atoms with Crippen molar-refractivity contribution in [1.82, 2.24) is 9.88 Å². The molecule has 1 fully saturated rings. The molecule has 1 aliphatic carbocycles. The van der Waals surface area contributed by atoms with Crippen LogP contribution in [0.15, 0.2) is 42.7 Å². The second-order valence-corrected chi connectivity index (χ2v) is 7.46. The van der Waals surface area contributed by atoms with E-state index in [1.54, 1.807) is 6.20 Å². The molecule has 2 heterocycles. The Labute approximate surface area is 160 Å². The molecule has 0 bridgehead atoms. The summed E-state index contributed by atoms with van der Waals surface area (Å²) < 4.78 is 5.77. The Morgan fingerprint density at radius 2 is 2.11 bits per heavy atom. The molecule has 1 N–H and O–H groups in total. The summed E-state index contributed by atoms with van der Waals surface area (Å²) in [5.41, 5.74) is 4.66. The molecule has 2 amide bonds. The van der Waals surface area contributed by atoms with E-state index in [-0.39, 0.29) is 12.1 Å². The van der Waals surface area contributed by atoms with Crippen molar-refractivity contribution in [1.29, 1.82) is 0 Å². The van der Waals surface area contributed by atoms with Crippen LogP contribution in [0.5, 0.6) is 0 Å². The van der Waals surface area contributed by atoms with Gasteiger partial charge in [0.05, 0.1) is 6.10 Å². The number of pyridine rings is 1. The minimum absolute atomic E-state index is 0.0617. The maximum Gasteiger partial charge on any atom is 0.322 e. The molecule has 1 aromatic carbocycles. The lowest BCUT2D eigenvalue weighted by Crippen LogP contribution is -2.40. The van der Waals surface area contributed by atoms with Gasteiger partial charge >= 0.3 is 6.03 Å². The molecule has 1 aromatic heterocycles. The van der Waals surface area contributed by atoms with Gasteiger partial charge in [0, 0.05) is 37.8 Å². The summed E-state index contributed by atoms with van der Waals surface area (Å²) in [7, 11) is 0. The predicted octanol–water partition coefficient (Wildman–Crippen LogP) is 4.17. The van der Waals surface area contributed by atoms with Gasteiger partial charge < -0.3 is 15.0 Å². The molecule has 142 valence electrons. The summed E-state index contributed by atoms with van der Waals surface area (Å²) in [4.78, 5) is 19.2. The predicted molar refractivity (Wildman–Crippen MR) is 106 cm³/mol. The lowest BCUT2D eigenvalue weighted by molar-refractivity contribution is 0.0819. The third kappa shape index (κ3) is 4.48. The molecule has 1 aliphatic heterocycles. The molecule has 0 spiro atoms. The van der Waals surface area contributed by atoms with Gasteiger partial charge in [-0.2, -0.15) is 0 Å². The monoisotopic (exact) mass is 365 g/mol. The summed E-state index contributed by atoms with van der Waals surface area (Å²) in [6.45, 7) is 1.93. The van der Waals surface area contributed by atoms with E-state index >= 15 is 0 Å². The fraction of sp³-hybridized carbons (Fsp3) is 0.455. The number of urea groups is 1. The first kappa shape index (κ1) is 18.0. The van der Waals surface area contributed by atoms with Crippen LogP contribution in [0, 0.1) is 0 Å². The largest absolute Gasteiger partial charge is 0.376 e. The van der Waals surface area contributed by atoms with Crippen LogP contribution in [0.25, 0.3) is 0 Å². The zero-order valence-corrected chi connectivity index (χ0v) is 15.7. The molecule has 5 heteroatoms. The van der Waals surface area contributed by atoms with Gasteiger partial charge in [0.25, 0.3) is 0 Å². The Hall–Kier alpha value is -2.40. The Kier molecular flexibility index (Phi) is 5.68. The van der Waals surface area contributed by atoms with Gasteiger partial charge in [0.15, 0.2) is 0 Å². The fourth-order valence-corrected chi connectivity index (χ4v) is 4.06. The van der Waals surface area contributed by atoms with Crippen LogP contribution < -0.4 is 5.32 Å². The van der Waals surface area contributed by atoms with E-state index in [1.807, 2.05) is 35.4 Å². The number of aryl methyl sites for hydroxylation is 1. The number of benzene rings is 1. The first-order chi connectivity index (χ1) is 13.3. The zero-order valence-electron chi connectivity index (χ0n) is 15.7. The van der Waals surface area contributed by atoms with Crippen LogP contribution in [0.1, 0.15) is 42.4 Å². The summed E-state index contributed by atoms with van der Waals surface area (Å²) in [5, 5.41) is 3.18. The molecule has 5 nitrogen and oxygen atoms in total. The molecule has 1 unspecified atom stereocenters. The van der Waals surface area contributed by atoms with Crippen LogP contribution >= 0.6 is 0 Å². The van der Waals surface area contributed by atoms with Crippen LogP contribution in [0.4, 0.5) is 10.5 Å². The second kappa shape index (κ2) is 8.53. The molecule has 4 rings (SSSR count). The highest BCUT2D eigenvalue weighted by atomic mass is 16.5. The number of amides is 2. The van der Waals surface area contributed by atoms with Crippen LogP contribution in [-0.2, 0) is 24.1 Å². The minimum Gasteiger partial charge on any atom is -0.376 e. The first-order valence-electron chi connectivity index (χ1n) is 9.97. The highest BCUT2D eigenvalue weighted by molar-refractivity contribution is 5.90. The third-order valence-corrected chi connectivity index (χ3v) is 5.47. The molecule has 2 aliphatic rings. The molecule has 27 heavy (non-hydrogen) atoms. The molecule has 1 saturated heterocycles. The van der Waals surface area contributed by atoms with Crippen molar-refractivity contribution in [3.8, 4) is 0 Å². The van der Waals surface area contributed by atoms with Crippen molar-refractivity contribution < 1.29 is 9.53 Å². The standard InChI is InChI=1S/C22H27N3O2/c26-22(24-21-11-3-8-18-7-1-2-10-20(18)21)25(16-19-9-5-13-27-19)15-17-6-4-12-23-14-17/h3-4,6,8,11-12,14,19H,1-2,5,7,9-10,13,15-16H2,(H,24,26). The molecule has 2 aromatic rings. The Morgan fingerprint density at radius 3 is 2.93 bits per heavy atom. The minimum atomic E-state index is -0.0617. The molecule has 1 atom stereocenters. The van der Waals surface area contributed by atoms with Crippen LogP contribution in [0.3, 0.4) is 0 Å². The second-order valence-electron chi connectivity index (χ2n) is 7.46. The number of anilines is 1. The summed E-state index contributed by atoms with van der Waals surface area (Å²) in [6, 6.07) is 10.1. The maximum atomic E-state index is 13.1. The number of ether oxygens (including phenoxy) is 1. The van der Waals surface area contributed by atoms with Gasteiger partial charge in [-0.3, -0.25) is 4.98 Å². The first-order valence-corrected chi connectivity index (χ1v) is 9.97. The number of nitrogens with one attached hydrogen (secondary N) is 1. The maximum absolute atomic E-state index is 13.1. The van der Waals surface area contributed by atoms with Crippen molar-refractivity contribution in [2.45, 2.75) is 51.2 Å². The van der Waals surface area contributed by atoms with Crippen molar-refractivity contribution in [2.24, 2.45) is 0 Å². The van der Waals surface area contributed by atoms with Crippen LogP contribution in [0.2, 0.25) is 0 Å². The number of aromatic nitrogens is 1. The SMILES string of the molecule is O=C(Nc1cccc2c1CCCC2)N(Cc1cccnc1)CC1CCCO1. The zero-order chi connectivity index (χ0) is 18.5. The smallest absolute Gasteiger partial charge is 0.322 e. The van der Waals surface area contributed by atoms with E-state index in [0.29, 0.717) is 13.1 Å². The number of fused-ring (bicyclic) bond motifs is 1. The van der Waals surface area contributed by atoms with E-state index in [0.717, 1.165) is 43.5 Å². The number of nitrogens with zero attached hydrogens (tertiary/aromatic N) is 2. The number of carbonyl (C=O) groups is 1. The van der Waals surface area contributed by atoms with Crippen molar-refractivity contribution in [3.05, 3.63) is 59.4 Å². The van der Waals surface area contributed by atoms with Gasteiger partial charge in [-0.25, -0.2) is 4.79 Å². The summed E-state index contributed by atoms with van der Waals surface area (Å²) in [6.07, 6.45) is 10.3. The number of hydrogen-bond donors (Lipinski definition) is 1.